The van der Waals surface area contributed by atoms with E-state index >= 15 is 0 Å². The molecule has 2 heterocycles. The van der Waals surface area contributed by atoms with E-state index in [1.54, 1.807) is 17.4 Å². The molecule has 1 aliphatic carbocycles. The number of nitrogens with zero attached hydrogens (tertiary/aromatic N) is 2. The largest absolute Gasteiger partial charge is 0.351 e. The number of nitrogens with one attached hydrogen (secondary N) is 1. The minimum absolute atomic E-state index is 0.0275. The second kappa shape index (κ2) is 7.30. The fourth-order valence-corrected chi connectivity index (χ4v) is 4.02. The summed E-state index contributed by atoms with van der Waals surface area (Å²) in [6.07, 6.45) is 4.55. The Morgan fingerprint density at radius 3 is 2.79 bits per heavy atom. The minimum Gasteiger partial charge on any atom is -0.351 e. The zero-order valence-corrected chi connectivity index (χ0v) is 14.9. The van der Waals surface area contributed by atoms with Crippen molar-refractivity contribution < 1.29 is 4.79 Å². The summed E-state index contributed by atoms with van der Waals surface area (Å²) in [7, 11) is 0. The molecule has 0 bridgehead atoms. The molecular weight excluding hydrogens is 322 g/mol. The Hall–Kier alpha value is -1.95. The number of amides is 1. The Labute approximate surface area is 145 Å². The van der Waals surface area contributed by atoms with E-state index in [4.69, 9.17) is 0 Å². The van der Waals surface area contributed by atoms with Gasteiger partial charge in [-0.2, -0.15) is 5.10 Å². The molecule has 1 saturated carbocycles. The molecule has 0 radical (unpaired) electrons. The summed E-state index contributed by atoms with van der Waals surface area (Å²) >= 11 is 1.62. The lowest BCUT2D eigenvalue weighted by atomic mass is 9.86. The molecule has 0 saturated heterocycles. The first-order valence-electron chi connectivity index (χ1n) is 8.47. The average molecular weight is 345 g/mol. The van der Waals surface area contributed by atoms with Gasteiger partial charge in [-0.3, -0.25) is 9.59 Å². The van der Waals surface area contributed by atoms with Crippen LogP contribution in [0.5, 0.6) is 0 Å². The van der Waals surface area contributed by atoms with Crippen LogP contribution in [-0.2, 0) is 11.3 Å². The van der Waals surface area contributed by atoms with Crippen LogP contribution in [-0.4, -0.2) is 21.7 Å². The van der Waals surface area contributed by atoms with E-state index in [-0.39, 0.29) is 24.1 Å². The molecule has 1 fully saturated rings. The normalized spacial score (nSPS) is 20.8. The Kier molecular flexibility index (Phi) is 5.14. The lowest BCUT2D eigenvalue weighted by Crippen LogP contribution is -2.43. The second-order valence-corrected chi connectivity index (χ2v) is 7.85. The van der Waals surface area contributed by atoms with Crippen LogP contribution in [0.15, 0.2) is 29.1 Å². The van der Waals surface area contributed by atoms with Gasteiger partial charge in [0.25, 0.3) is 5.56 Å². The predicted molar refractivity (Wildman–Crippen MR) is 96.1 cm³/mol. The van der Waals surface area contributed by atoms with Gasteiger partial charge in [0.1, 0.15) is 12.2 Å². The fraction of sp³-hybridized carbons (Fsp3) is 0.500. The summed E-state index contributed by atoms with van der Waals surface area (Å²) < 4.78 is 1.26. The molecule has 2 unspecified atom stereocenters. The van der Waals surface area contributed by atoms with E-state index in [0.717, 1.165) is 29.8 Å². The number of hydrogen-bond acceptors (Lipinski definition) is 4. The SMILES string of the molecule is Cc1ccc(-c2ccc(=O)n(CC(=O)NC3CCCCC3C)n2)s1. The zero-order valence-electron chi connectivity index (χ0n) is 14.1. The number of thiophene rings is 1. The molecule has 0 aliphatic heterocycles. The maximum Gasteiger partial charge on any atom is 0.267 e. The van der Waals surface area contributed by atoms with Gasteiger partial charge in [0.05, 0.1) is 4.88 Å². The van der Waals surface area contributed by atoms with Crippen molar-refractivity contribution in [3.8, 4) is 10.6 Å². The van der Waals surface area contributed by atoms with Gasteiger partial charge in [-0.05, 0) is 43.9 Å². The van der Waals surface area contributed by atoms with Crippen LogP contribution in [0.3, 0.4) is 0 Å². The standard InChI is InChI=1S/C18H23N3O2S/c1-12-5-3-4-6-14(12)19-17(22)11-21-18(23)10-8-15(20-21)16-9-7-13(2)24-16/h7-10,12,14H,3-6,11H2,1-2H3,(H,19,22). The summed E-state index contributed by atoms with van der Waals surface area (Å²) in [6.45, 7) is 4.18. The molecule has 2 aromatic heterocycles. The summed E-state index contributed by atoms with van der Waals surface area (Å²) in [5.74, 6) is 0.357. The van der Waals surface area contributed by atoms with Crippen molar-refractivity contribution in [3.05, 3.63) is 39.5 Å². The van der Waals surface area contributed by atoms with Crippen LogP contribution in [0.4, 0.5) is 0 Å². The topological polar surface area (TPSA) is 64.0 Å². The fourth-order valence-electron chi connectivity index (χ4n) is 3.18. The van der Waals surface area contributed by atoms with Crippen molar-refractivity contribution in [2.24, 2.45) is 5.92 Å². The third-order valence-electron chi connectivity index (χ3n) is 4.61. The third-order valence-corrected chi connectivity index (χ3v) is 5.63. The van der Waals surface area contributed by atoms with E-state index in [9.17, 15) is 9.59 Å². The Bertz CT molecular complexity index is 781. The predicted octanol–water partition coefficient (Wildman–Crippen LogP) is 2.98. The average Bonchev–Trinajstić information content (AvgIpc) is 2.98. The van der Waals surface area contributed by atoms with Crippen LogP contribution >= 0.6 is 11.3 Å². The van der Waals surface area contributed by atoms with Crippen LogP contribution in [0.2, 0.25) is 0 Å². The second-order valence-electron chi connectivity index (χ2n) is 6.56. The molecule has 2 aromatic rings. The van der Waals surface area contributed by atoms with Crippen LogP contribution in [0.1, 0.15) is 37.5 Å². The maximum atomic E-state index is 12.3. The van der Waals surface area contributed by atoms with Gasteiger partial charge in [-0.25, -0.2) is 4.68 Å². The van der Waals surface area contributed by atoms with Crippen LogP contribution in [0.25, 0.3) is 10.6 Å². The Balaban J connectivity index is 1.72. The van der Waals surface area contributed by atoms with E-state index in [1.807, 2.05) is 19.1 Å². The van der Waals surface area contributed by atoms with Crippen LogP contribution in [0, 0.1) is 12.8 Å². The van der Waals surface area contributed by atoms with Crippen molar-refractivity contribution in [2.45, 2.75) is 52.1 Å². The van der Waals surface area contributed by atoms with Crippen molar-refractivity contribution in [1.29, 1.82) is 0 Å². The highest BCUT2D eigenvalue weighted by Gasteiger charge is 2.23. The summed E-state index contributed by atoms with van der Waals surface area (Å²) in [5.41, 5.74) is 0.477. The quantitative estimate of drug-likeness (QED) is 0.926. The van der Waals surface area contributed by atoms with Gasteiger partial charge >= 0.3 is 0 Å². The molecule has 1 aliphatic rings. The number of rotatable bonds is 4. The zero-order chi connectivity index (χ0) is 17.1. The molecule has 0 spiro atoms. The lowest BCUT2D eigenvalue weighted by molar-refractivity contribution is -0.123. The first-order chi connectivity index (χ1) is 11.5. The summed E-state index contributed by atoms with van der Waals surface area (Å²) in [6, 6.07) is 7.42. The Morgan fingerprint density at radius 2 is 2.08 bits per heavy atom. The number of carbonyl (C=O) groups excluding carboxylic acids is 1. The lowest BCUT2D eigenvalue weighted by Gasteiger charge is -2.29. The van der Waals surface area contributed by atoms with Crippen molar-refractivity contribution in [2.75, 3.05) is 0 Å². The third kappa shape index (κ3) is 3.93. The number of aryl methyl sites for hydroxylation is 1. The van der Waals surface area contributed by atoms with Gasteiger partial charge in [0.15, 0.2) is 0 Å². The number of hydrogen-bond donors (Lipinski definition) is 1. The van der Waals surface area contributed by atoms with Crippen molar-refractivity contribution >= 4 is 17.2 Å². The van der Waals surface area contributed by atoms with Crippen molar-refractivity contribution in [1.82, 2.24) is 15.1 Å². The minimum atomic E-state index is -0.251. The number of carbonyl (C=O) groups is 1. The first-order valence-corrected chi connectivity index (χ1v) is 9.29. The first kappa shape index (κ1) is 16.9. The highest BCUT2D eigenvalue weighted by atomic mass is 32.1. The van der Waals surface area contributed by atoms with E-state index in [1.165, 1.54) is 22.0 Å². The summed E-state index contributed by atoms with van der Waals surface area (Å²) in [5, 5.41) is 7.43. The van der Waals surface area contributed by atoms with E-state index in [0.29, 0.717) is 5.92 Å². The molecule has 2 atom stereocenters. The van der Waals surface area contributed by atoms with E-state index < -0.39 is 0 Å². The monoisotopic (exact) mass is 345 g/mol. The molecule has 6 heteroatoms. The molecule has 128 valence electrons. The molecular formula is C18H23N3O2S. The molecule has 1 amide bonds. The van der Waals surface area contributed by atoms with Gasteiger partial charge in [-0.15, -0.1) is 11.3 Å². The molecule has 0 aromatic carbocycles. The smallest absolute Gasteiger partial charge is 0.267 e. The van der Waals surface area contributed by atoms with Gasteiger partial charge in [0, 0.05) is 17.0 Å². The van der Waals surface area contributed by atoms with Gasteiger partial charge in [-0.1, -0.05) is 19.8 Å². The van der Waals surface area contributed by atoms with Gasteiger partial charge < -0.3 is 5.32 Å². The molecule has 24 heavy (non-hydrogen) atoms. The van der Waals surface area contributed by atoms with Crippen LogP contribution < -0.4 is 10.9 Å². The Morgan fingerprint density at radius 1 is 1.29 bits per heavy atom. The number of aromatic nitrogens is 2. The maximum absolute atomic E-state index is 12.3. The van der Waals surface area contributed by atoms with Crippen molar-refractivity contribution in [3.63, 3.8) is 0 Å². The van der Waals surface area contributed by atoms with Gasteiger partial charge in [0.2, 0.25) is 5.91 Å². The molecule has 3 rings (SSSR count). The summed E-state index contributed by atoms with van der Waals surface area (Å²) in [4.78, 5) is 26.5. The molecule has 5 nitrogen and oxygen atoms in total. The van der Waals surface area contributed by atoms with E-state index in [2.05, 4.69) is 17.3 Å². The molecule has 1 N–H and O–H groups in total. The highest BCUT2D eigenvalue weighted by Crippen LogP contribution is 2.25. The highest BCUT2D eigenvalue weighted by molar-refractivity contribution is 7.15.